The molecule has 8 heteroatoms. The fourth-order valence-corrected chi connectivity index (χ4v) is 1.70. The molecule has 6 atom stereocenters. The summed E-state index contributed by atoms with van der Waals surface area (Å²) in [7, 11) is 0. The molecule has 5 N–H and O–H groups in total. The molecule has 8 nitrogen and oxygen atoms in total. The summed E-state index contributed by atoms with van der Waals surface area (Å²) in [5.74, 6) is -1.08. The van der Waals surface area contributed by atoms with Gasteiger partial charge in [0, 0.05) is 0 Å². The zero-order valence-corrected chi connectivity index (χ0v) is 9.84. The summed E-state index contributed by atoms with van der Waals surface area (Å²) in [6.07, 6.45) is -7.91. The highest BCUT2D eigenvalue weighted by Crippen LogP contribution is 2.23. The van der Waals surface area contributed by atoms with Crippen molar-refractivity contribution in [3.63, 3.8) is 0 Å². The Morgan fingerprint density at radius 1 is 1.28 bits per heavy atom. The third-order valence-electron chi connectivity index (χ3n) is 2.68. The van der Waals surface area contributed by atoms with E-state index >= 15 is 0 Å². The highest BCUT2D eigenvalue weighted by molar-refractivity contribution is 5.67. The Morgan fingerprint density at radius 3 is 2.39 bits per heavy atom. The molecular formula is C10H18O8. The average Bonchev–Trinajstić information content (AvgIpc) is 2.29. The molecule has 106 valence electrons. The molecule has 0 aliphatic carbocycles. The van der Waals surface area contributed by atoms with E-state index in [-0.39, 0.29) is 6.42 Å². The molecule has 1 aliphatic rings. The zero-order valence-electron chi connectivity index (χ0n) is 9.84. The van der Waals surface area contributed by atoms with E-state index in [4.69, 9.17) is 19.7 Å². The molecule has 1 heterocycles. The molecule has 0 aromatic rings. The van der Waals surface area contributed by atoms with E-state index < -0.39 is 49.4 Å². The molecule has 1 rings (SSSR count). The monoisotopic (exact) mass is 266 g/mol. The summed E-state index contributed by atoms with van der Waals surface area (Å²) in [6, 6.07) is 0. The normalized spacial score (nSPS) is 38.4. The number of carboxylic acid groups (broad SMARTS) is 1. The predicted octanol–water partition coefficient (Wildman–Crippen LogP) is -2.33. The molecule has 0 radical (unpaired) electrons. The van der Waals surface area contributed by atoms with E-state index in [1.165, 1.54) is 6.92 Å². The van der Waals surface area contributed by atoms with E-state index in [9.17, 15) is 20.1 Å². The van der Waals surface area contributed by atoms with Crippen LogP contribution in [0, 0.1) is 0 Å². The second-order valence-corrected chi connectivity index (χ2v) is 4.24. The van der Waals surface area contributed by atoms with Crippen molar-refractivity contribution in [3.8, 4) is 0 Å². The highest BCUT2D eigenvalue weighted by atomic mass is 16.7. The summed E-state index contributed by atoms with van der Waals surface area (Å²) in [6.45, 7) is 0.910. The molecule has 0 aromatic heterocycles. The van der Waals surface area contributed by atoms with Gasteiger partial charge in [-0.1, -0.05) is 0 Å². The molecule has 0 amide bonds. The van der Waals surface area contributed by atoms with Crippen LogP contribution in [-0.2, 0) is 14.3 Å². The van der Waals surface area contributed by atoms with Gasteiger partial charge in [0.05, 0.1) is 19.1 Å². The number of aliphatic carboxylic acids is 1. The minimum atomic E-state index is -1.53. The lowest BCUT2D eigenvalue weighted by Crippen LogP contribution is -2.59. The van der Waals surface area contributed by atoms with Crippen molar-refractivity contribution in [1.29, 1.82) is 0 Å². The lowest BCUT2D eigenvalue weighted by molar-refractivity contribution is -0.310. The summed E-state index contributed by atoms with van der Waals surface area (Å²) < 4.78 is 10.2. The smallest absolute Gasteiger partial charge is 0.305 e. The van der Waals surface area contributed by atoms with Gasteiger partial charge >= 0.3 is 5.97 Å². The van der Waals surface area contributed by atoms with E-state index in [0.29, 0.717) is 0 Å². The van der Waals surface area contributed by atoms with Gasteiger partial charge < -0.3 is 35.0 Å². The van der Waals surface area contributed by atoms with E-state index in [1.807, 2.05) is 0 Å². The molecular weight excluding hydrogens is 248 g/mol. The first kappa shape index (κ1) is 15.3. The van der Waals surface area contributed by atoms with Crippen LogP contribution in [0.15, 0.2) is 0 Å². The summed E-state index contributed by atoms with van der Waals surface area (Å²) >= 11 is 0. The second kappa shape index (κ2) is 6.41. The minimum absolute atomic E-state index is 0.297. The summed E-state index contributed by atoms with van der Waals surface area (Å²) in [4.78, 5) is 10.5. The topological polar surface area (TPSA) is 137 Å². The van der Waals surface area contributed by atoms with Gasteiger partial charge in [-0.3, -0.25) is 4.79 Å². The number of rotatable bonds is 5. The molecule has 0 spiro atoms. The summed E-state index contributed by atoms with van der Waals surface area (Å²) in [5, 5.41) is 46.1. The summed E-state index contributed by atoms with van der Waals surface area (Å²) in [5.41, 5.74) is 0. The van der Waals surface area contributed by atoms with Gasteiger partial charge in [-0.15, -0.1) is 0 Å². The quantitative estimate of drug-likeness (QED) is 0.373. The van der Waals surface area contributed by atoms with Crippen LogP contribution in [0.1, 0.15) is 13.3 Å². The molecule has 1 aliphatic heterocycles. The lowest BCUT2D eigenvalue weighted by atomic mass is 9.99. The second-order valence-electron chi connectivity index (χ2n) is 4.24. The number of hydrogen-bond acceptors (Lipinski definition) is 7. The Labute approximate surface area is 103 Å². The van der Waals surface area contributed by atoms with Crippen molar-refractivity contribution in [2.45, 2.75) is 50.2 Å². The van der Waals surface area contributed by atoms with Crippen molar-refractivity contribution in [2.24, 2.45) is 0 Å². The van der Waals surface area contributed by atoms with Gasteiger partial charge in [-0.25, -0.2) is 0 Å². The molecule has 18 heavy (non-hydrogen) atoms. The molecule has 5 unspecified atom stereocenters. The fraction of sp³-hybridized carbons (Fsp3) is 0.900. The van der Waals surface area contributed by atoms with Crippen LogP contribution in [0.2, 0.25) is 0 Å². The van der Waals surface area contributed by atoms with Gasteiger partial charge in [0.25, 0.3) is 0 Å². The van der Waals surface area contributed by atoms with Crippen LogP contribution in [0.25, 0.3) is 0 Å². The molecule has 1 fully saturated rings. The molecule has 0 aromatic carbocycles. The van der Waals surface area contributed by atoms with Crippen LogP contribution in [0.3, 0.4) is 0 Å². The minimum Gasteiger partial charge on any atom is -0.481 e. The van der Waals surface area contributed by atoms with Gasteiger partial charge in [0.1, 0.15) is 24.4 Å². The van der Waals surface area contributed by atoms with Crippen LogP contribution in [0.5, 0.6) is 0 Å². The van der Waals surface area contributed by atoms with Crippen molar-refractivity contribution < 1.29 is 39.8 Å². The number of aliphatic hydroxyl groups is 4. The standard InChI is InChI=1S/C10H18O8/c1-4(2-6(12)13)17-10-9(16)8(15)7(14)5(3-11)18-10/h4-5,7-11,14-16H,2-3H2,1H3,(H,12,13)/t4-,5?,7?,8?,9?,10?/m1/s1. The van der Waals surface area contributed by atoms with E-state index in [0.717, 1.165) is 0 Å². The zero-order chi connectivity index (χ0) is 13.9. The Kier molecular flexibility index (Phi) is 5.45. The SMILES string of the molecule is C[C@H](CC(=O)O)OC1OC(CO)C(O)C(O)C1O. The maximum Gasteiger partial charge on any atom is 0.305 e. The third-order valence-corrected chi connectivity index (χ3v) is 2.68. The lowest BCUT2D eigenvalue weighted by Gasteiger charge is -2.40. The average molecular weight is 266 g/mol. The first-order chi connectivity index (χ1) is 8.36. The van der Waals surface area contributed by atoms with Crippen molar-refractivity contribution >= 4 is 5.97 Å². The maximum atomic E-state index is 10.5. The van der Waals surface area contributed by atoms with E-state index in [2.05, 4.69) is 0 Å². The van der Waals surface area contributed by atoms with Crippen LogP contribution in [0.4, 0.5) is 0 Å². The van der Waals surface area contributed by atoms with Crippen molar-refractivity contribution in [1.82, 2.24) is 0 Å². The molecule has 0 saturated carbocycles. The Hall–Kier alpha value is -0.770. The first-order valence-electron chi connectivity index (χ1n) is 5.54. The van der Waals surface area contributed by atoms with Gasteiger partial charge in [-0.2, -0.15) is 0 Å². The van der Waals surface area contributed by atoms with E-state index in [1.54, 1.807) is 0 Å². The Bertz CT molecular complexity index is 281. The van der Waals surface area contributed by atoms with Gasteiger partial charge in [0.2, 0.25) is 0 Å². The van der Waals surface area contributed by atoms with Gasteiger partial charge in [0.15, 0.2) is 6.29 Å². The van der Waals surface area contributed by atoms with Gasteiger partial charge in [-0.05, 0) is 6.92 Å². The third kappa shape index (κ3) is 3.61. The van der Waals surface area contributed by atoms with Crippen LogP contribution >= 0.6 is 0 Å². The van der Waals surface area contributed by atoms with Crippen LogP contribution in [-0.4, -0.2) is 74.9 Å². The molecule has 1 saturated heterocycles. The Morgan fingerprint density at radius 2 is 1.89 bits per heavy atom. The Balaban J connectivity index is 2.61. The number of carbonyl (C=O) groups is 1. The van der Waals surface area contributed by atoms with Crippen molar-refractivity contribution in [2.75, 3.05) is 6.61 Å². The number of aliphatic hydroxyl groups excluding tert-OH is 4. The number of ether oxygens (including phenoxy) is 2. The highest BCUT2D eigenvalue weighted by Gasteiger charge is 2.44. The molecule has 0 bridgehead atoms. The maximum absolute atomic E-state index is 10.5. The number of hydrogen-bond donors (Lipinski definition) is 5. The predicted molar refractivity (Wildman–Crippen MR) is 56.6 cm³/mol. The first-order valence-corrected chi connectivity index (χ1v) is 5.54. The van der Waals surface area contributed by atoms with Crippen LogP contribution < -0.4 is 0 Å². The van der Waals surface area contributed by atoms with Crippen molar-refractivity contribution in [3.05, 3.63) is 0 Å². The fourth-order valence-electron chi connectivity index (χ4n) is 1.70. The largest absolute Gasteiger partial charge is 0.481 e. The number of carboxylic acids is 1.